The molecule has 0 spiro atoms. The molecule has 0 unspecified atom stereocenters. The van der Waals surface area contributed by atoms with Crippen LogP contribution in [-0.4, -0.2) is 77.1 Å². The van der Waals surface area contributed by atoms with Crippen LogP contribution >= 0.6 is 0 Å². The maximum Gasteiger partial charge on any atom is 0.453 e. The number of piperidine rings is 1. The van der Waals surface area contributed by atoms with Crippen LogP contribution in [0.5, 0.6) is 5.75 Å². The van der Waals surface area contributed by atoms with Crippen molar-refractivity contribution in [2.24, 2.45) is 0 Å². The minimum atomic E-state index is -4.60. The molecule has 11 heteroatoms. The number of fused-ring (bicyclic) bond motifs is 1. The molecule has 8 nitrogen and oxygen atoms in total. The number of nitrogens with one attached hydrogen (secondary N) is 1. The maximum absolute atomic E-state index is 13.2. The number of ether oxygens (including phenoxy) is 1. The zero-order valence-electron chi connectivity index (χ0n) is 19.5. The van der Waals surface area contributed by atoms with Crippen molar-refractivity contribution < 1.29 is 17.9 Å². The van der Waals surface area contributed by atoms with Crippen LogP contribution in [0.25, 0.3) is 5.65 Å². The fraction of sp³-hybridized carbons (Fsp3) is 0.542. The molecule has 0 aliphatic carbocycles. The fourth-order valence-corrected chi connectivity index (χ4v) is 4.82. The van der Waals surface area contributed by atoms with Crippen molar-refractivity contribution >= 4 is 11.5 Å². The molecule has 2 aliphatic heterocycles. The van der Waals surface area contributed by atoms with Crippen molar-refractivity contribution in [1.29, 1.82) is 0 Å². The van der Waals surface area contributed by atoms with Gasteiger partial charge in [0.15, 0.2) is 5.65 Å². The van der Waals surface area contributed by atoms with Gasteiger partial charge in [0.25, 0.3) is 5.82 Å². The van der Waals surface area contributed by atoms with Gasteiger partial charge in [0.1, 0.15) is 11.6 Å². The number of hydrogen-bond donors (Lipinski definition) is 1. The first-order chi connectivity index (χ1) is 17.0. The summed E-state index contributed by atoms with van der Waals surface area (Å²) in [5, 5.41) is 14.4. The average molecular weight is 490 g/mol. The van der Waals surface area contributed by atoms with Crippen LogP contribution in [-0.2, 0) is 6.18 Å². The highest BCUT2D eigenvalue weighted by Crippen LogP contribution is 2.32. The fourth-order valence-electron chi connectivity index (χ4n) is 4.82. The van der Waals surface area contributed by atoms with Crippen molar-refractivity contribution in [3.8, 4) is 5.75 Å². The largest absolute Gasteiger partial charge is 0.494 e. The Hall–Kier alpha value is -2.92. The molecular weight excluding hydrogens is 459 g/mol. The molecule has 2 saturated heterocycles. The average Bonchev–Trinajstić information content (AvgIpc) is 3.32. The summed E-state index contributed by atoms with van der Waals surface area (Å²) in [7, 11) is 0. The zero-order chi connectivity index (χ0) is 24.3. The molecule has 1 N–H and O–H groups in total. The number of nitrogens with zero attached hydrogens (tertiary/aromatic N) is 6. The lowest BCUT2D eigenvalue weighted by molar-refractivity contribution is -0.146. The third-order valence-electron chi connectivity index (χ3n) is 6.77. The number of piperazine rings is 1. The van der Waals surface area contributed by atoms with Crippen LogP contribution in [0.3, 0.4) is 0 Å². The summed E-state index contributed by atoms with van der Waals surface area (Å²) < 4.78 is 46.2. The van der Waals surface area contributed by atoms with E-state index in [1.54, 1.807) is 6.07 Å². The molecule has 35 heavy (non-hydrogen) atoms. The highest BCUT2D eigenvalue weighted by atomic mass is 19.4. The predicted molar refractivity (Wildman–Crippen MR) is 126 cm³/mol. The van der Waals surface area contributed by atoms with E-state index in [1.165, 1.54) is 11.6 Å². The molecule has 5 rings (SSSR count). The normalized spacial score (nSPS) is 18.3. The molecular formula is C24H30F3N7O. The smallest absolute Gasteiger partial charge is 0.453 e. The molecule has 2 fully saturated rings. The Morgan fingerprint density at radius 2 is 1.69 bits per heavy atom. The van der Waals surface area contributed by atoms with Crippen molar-refractivity contribution in [3.63, 3.8) is 0 Å². The van der Waals surface area contributed by atoms with E-state index in [0.717, 1.165) is 75.3 Å². The van der Waals surface area contributed by atoms with E-state index < -0.39 is 12.0 Å². The van der Waals surface area contributed by atoms with Crippen molar-refractivity contribution in [3.05, 3.63) is 47.8 Å². The number of anilines is 1. The summed E-state index contributed by atoms with van der Waals surface area (Å²) in [6.45, 7) is 7.55. The lowest BCUT2D eigenvalue weighted by atomic mass is 9.89. The Morgan fingerprint density at radius 3 is 2.40 bits per heavy atom. The van der Waals surface area contributed by atoms with Gasteiger partial charge >= 0.3 is 6.18 Å². The van der Waals surface area contributed by atoms with Crippen molar-refractivity contribution in [2.45, 2.75) is 31.4 Å². The standard InChI is InChI=1S/C24H30F3N7O/c25-24(26,27)23-30-29-21-6-7-22(31-34(21)23)33-13-8-19(9-14-33)18-2-4-20(5-3-18)35-17-1-12-32-15-10-28-11-16-32/h2-7,19,28H,1,8-17H2. The minimum Gasteiger partial charge on any atom is -0.494 e. The van der Waals surface area contributed by atoms with Crippen molar-refractivity contribution in [2.75, 3.05) is 57.3 Å². The van der Waals surface area contributed by atoms with Crippen LogP contribution in [0.1, 0.15) is 36.6 Å². The number of alkyl halides is 3. The molecule has 2 aromatic heterocycles. The van der Waals surface area contributed by atoms with Crippen LogP contribution in [0.4, 0.5) is 19.0 Å². The van der Waals surface area contributed by atoms with Gasteiger partial charge in [-0.2, -0.15) is 17.7 Å². The number of benzene rings is 1. The molecule has 1 aromatic carbocycles. The number of aromatic nitrogens is 4. The first-order valence-electron chi connectivity index (χ1n) is 12.2. The van der Waals surface area contributed by atoms with Gasteiger partial charge in [-0.15, -0.1) is 15.3 Å². The Bertz CT molecular complexity index is 1100. The van der Waals surface area contributed by atoms with Gasteiger partial charge in [-0.05, 0) is 55.0 Å². The Kier molecular flexibility index (Phi) is 7.05. The first-order valence-corrected chi connectivity index (χ1v) is 12.2. The molecule has 0 radical (unpaired) electrons. The van der Waals surface area contributed by atoms with Crippen molar-refractivity contribution in [1.82, 2.24) is 30.0 Å². The molecule has 3 aromatic rings. The topological polar surface area (TPSA) is 70.8 Å². The molecule has 0 atom stereocenters. The molecule has 0 saturated carbocycles. The second-order valence-electron chi connectivity index (χ2n) is 9.11. The van der Waals surface area contributed by atoms with Gasteiger partial charge in [-0.1, -0.05) is 12.1 Å². The Morgan fingerprint density at radius 1 is 0.943 bits per heavy atom. The molecule has 2 aliphatic rings. The summed E-state index contributed by atoms with van der Waals surface area (Å²) in [5.74, 6) is 0.692. The van der Waals surface area contributed by atoms with Gasteiger partial charge < -0.3 is 19.9 Å². The molecule has 188 valence electrons. The Balaban J connectivity index is 1.12. The molecule has 4 heterocycles. The highest BCUT2D eigenvalue weighted by molar-refractivity contribution is 5.46. The number of rotatable bonds is 7. The summed E-state index contributed by atoms with van der Waals surface area (Å²) in [4.78, 5) is 4.48. The summed E-state index contributed by atoms with van der Waals surface area (Å²) >= 11 is 0. The van der Waals surface area contributed by atoms with E-state index >= 15 is 0 Å². The van der Waals surface area contributed by atoms with Gasteiger partial charge in [0, 0.05) is 45.8 Å². The van der Waals surface area contributed by atoms with Gasteiger partial charge in [-0.25, -0.2) is 0 Å². The minimum absolute atomic E-state index is 0.0852. The van der Waals surface area contributed by atoms with E-state index in [9.17, 15) is 13.2 Å². The highest BCUT2D eigenvalue weighted by Gasteiger charge is 2.38. The lowest BCUT2D eigenvalue weighted by Crippen LogP contribution is -2.43. The molecule has 0 amide bonds. The quantitative estimate of drug-likeness (QED) is 0.511. The van der Waals surface area contributed by atoms with Crippen LogP contribution in [0.15, 0.2) is 36.4 Å². The van der Waals surface area contributed by atoms with Gasteiger partial charge in [-0.3, -0.25) is 0 Å². The second kappa shape index (κ2) is 10.4. The van der Waals surface area contributed by atoms with Crippen LogP contribution in [0, 0.1) is 0 Å². The number of halogens is 3. The van der Waals surface area contributed by atoms with Gasteiger partial charge in [0.2, 0.25) is 0 Å². The lowest BCUT2D eigenvalue weighted by Gasteiger charge is -2.33. The van der Waals surface area contributed by atoms with E-state index in [1.807, 2.05) is 17.0 Å². The first kappa shape index (κ1) is 23.8. The van der Waals surface area contributed by atoms with Gasteiger partial charge in [0.05, 0.1) is 6.61 Å². The third-order valence-corrected chi connectivity index (χ3v) is 6.77. The zero-order valence-corrected chi connectivity index (χ0v) is 19.5. The number of hydrogen-bond acceptors (Lipinski definition) is 7. The van der Waals surface area contributed by atoms with Crippen LogP contribution < -0.4 is 15.0 Å². The van der Waals surface area contributed by atoms with E-state index in [4.69, 9.17) is 4.74 Å². The summed E-state index contributed by atoms with van der Waals surface area (Å²) in [6, 6.07) is 11.6. The van der Waals surface area contributed by atoms with Crippen LogP contribution in [0.2, 0.25) is 0 Å². The Labute approximate surface area is 202 Å². The van der Waals surface area contributed by atoms with E-state index in [-0.39, 0.29) is 5.65 Å². The molecule has 0 bridgehead atoms. The van der Waals surface area contributed by atoms with E-state index in [2.05, 4.69) is 37.6 Å². The monoisotopic (exact) mass is 489 g/mol. The SMILES string of the molecule is FC(F)(F)c1nnc2ccc(N3CCC(c4ccc(OCCCN5CCNCC5)cc4)CC3)nn12. The summed E-state index contributed by atoms with van der Waals surface area (Å²) in [6.07, 6.45) is -1.78. The van der Waals surface area contributed by atoms with E-state index in [0.29, 0.717) is 18.3 Å². The summed E-state index contributed by atoms with van der Waals surface area (Å²) in [5.41, 5.74) is 1.35. The third kappa shape index (κ3) is 5.67. The second-order valence-corrected chi connectivity index (χ2v) is 9.11. The predicted octanol–water partition coefficient (Wildman–Crippen LogP) is 3.20. The maximum atomic E-state index is 13.2.